The topological polar surface area (TPSA) is 127 Å². The number of amides is 1. The summed E-state index contributed by atoms with van der Waals surface area (Å²) in [5, 5.41) is 11.3. The van der Waals surface area contributed by atoms with Crippen molar-refractivity contribution in [2.45, 2.75) is 17.9 Å². The van der Waals surface area contributed by atoms with E-state index in [-0.39, 0.29) is 16.5 Å². The summed E-state index contributed by atoms with van der Waals surface area (Å²) in [7, 11) is -3.53. The molecule has 9 nitrogen and oxygen atoms in total. The minimum Gasteiger partial charge on any atom is -0.362 e. The largest absolute Gasteiger partial charge is 0.362 e. The second-order valence-electron chi connectivity index (χ2n) is 5.78. The maximum atomic E-state index is 11.9. The van der Waals surface area contributed by atoms with Crippen LogP contribution in [0.1, 0.15) is 6.92 Å². The van der Waals surface area contributed by atoms with Crippen LogP contribution in [0.3, 0.4) is 0 Å². The van der Waals surface area contributed by atoms with Gasteiger partial charge in [0.05, 0.1) is 15.9 Å². The van der Waals surface area contributed by atoms with Crippen molar-refractivity contribution in [2.75, 3.05) is 37.3 Å². The lowest BCUT2D eigenvalue weighted by Gasteiger charge is -2.36. The molecule has 1 unspecified atom stereocenters. The van der Waals surface area contributed by atoms with Crippen LogP contribution in [-0.2, 0) is 14.6 Å². The Bertz CT molecular complexity index is 754. The van der Waals surface area contributed by atoms with Gasteiger partial charge in [0.2, 0.25) is 5.91 Å². The summed E-state index contributed by atoms with van der Waals surface area (Å²) in [5.74, 6) is -0.156. The Morgan fingerprint density at radius 3 is 2.33 bits per heavy atom. The van der Waals surface area contributed by atoms with Crippen LogP contribution in [0.5, 0.6) is 0 Å². The molecule has 1 heterocycles. The van der Waals surface area contributed by atoms with Crippen LogP contribution in [-0.4, -0.2) is 62.6 Å². The highest BCUT2D eigenvalue weighted by Gasteiger charge is 2.27. The molecule has 1 fully saturated rings. The zero-order valence-electron chi connectivity index (χ0n) is 13.5. The van der Waals surface area contributed by atoms with Gasteiger partial charge in [-0.25, -0.2) is 8.42 Å². The number of anilines is 1. The van der Waals surface area contributed by atoms with E-state index in [1.54, 1.807) is 16.7 Å². The third-order valence-corrected chi connectivity index (χ3v) is 5.00. The van der Waals surface area contributed by atoms with Gasteiger partial charge in [0.25, 0.3) is 5.69 Å². The van der Waals surface area contributed by atoms with Crippen LogP contribution < -0.4 is 10.6 Å². The molecule has 132 valence electrons. The van der Waals surface area contributed by atoms with Crippen molar-refractivity contribution in [3.8, 4) is 0 Å². The first-order valence-corrected chi connectivity index (χ1v) is 9.28. The highest BCUT2D eigenvalue weighted by atomic mass is 32.2. The first kappa shape index (κ1) is 18.1. The molecule has 1 aliphatic heterocycles. The summed E-state index contributed by atoms with van der Waals surface area (Å²) in [5.41, 5.74) is 5.67. The van der Waals surface area contributed by atoms with E-state index in [0.717, 1.165) is 12.3 Å². The Kier molecular flexibility index (Phi) is 5.09. The van der Waals surface area contributed by atoms with Gasteiger partial charge < -0.3 is 15.5 Å². The fraction of sp³-hybridized carbons (Fsp3) is 0.500. The number of carbonyl (C=O) groups is 1. The molecule has 1 aromatic carbocycles. The molecule has 1 amide bonds. The minimum atomic E-state index is -3.53. The Hall–Kier alpha value is -2.20. The molecule has 0 radical (unpaired) electrons. The van der Waals surface area contributed by atoms with Crippen molar-refractivity contribution in [1.29, 1.82) is 0 Å². The van der Waals surface area contributed by atoms with E-state index in [9.17, 15) is 23.3 Å². The molecule has 24 heavy (non-hydrogen) atoms. The fourth-order valence-electron chi connectivity index (χ4n) is 2.60. The van der Waals surface area contributed by atoms with Gasteiger partial charge in [0, 0.05) is 38.5 Å². The standard InChI is InChI=1S/C14H20N4O5S/c1-10(15)14(19)17-7-5-16(6-8-17)12-4-3-11(24(2,22)23)9-13(12)18(20)21/h3-4,9-10H,5-8,15H2,1-2H3. The molecule has 2 N–H and O–H groups in total. The van der Waals surface area contributed by atoms with Crippen LogP contribution in [0.15, 0.2) is 23.1 Å². The van der Waals surface area contributed by atoms with E-state index in [4.69, 9.17) is 5.73 Å². The van der Waals surface area contributed by atoms with Crippen molar-refractivity contribution >= 4 is 27.1 Å². The van der Waals surface area contributed by atoms with Crippen molar-refractivity contribution in [2.24, 2.45) is 5.73 Å². The van der Waals surface area contributed by atoms with E-state index in [1.807, 2.05) is 0 Å². The van der Waals surface area contributed by atoms with Gasteiger partial charge in [0.15, 0.2) is 9.84 Å². The number of hydrogen-bond donors (Lipinski definition) is 1. The predicted octanol–water partition coefficient (Wildman–Crippen LogP) is -0.00590. The zero-order valence-corrected chi connectivity index (χ0v) is 14.3. The molecule has 0 bridgehead atoms. The van der Waals surface area contributed by atoms with Crippen LogP contribution in [0.25, 0.3) is 0 Å². The number of rotatable bonds is 4. The highest BCUT2D eigenvalue weighted by Crippen LogP contribution is 2.31. The Morgan fingerprint density at radius 2 is 1.88 bits per heavy atom. The number of benzene rings is 1. The molecule has 2 rings (SSSR count). The van der Waals surface area contributed by atoms with Crippen molar-refractivity contribution in [1.82, 2.24) is 4.90 Å². The molecule has 1 atom stereocenters. The van der Waals surface area contributed by atoms with Gasteiger partial charge in [-0.2, -0.15) is 0 Å². The number of carbonyl (C=O) groups excluding carboxylic acids is 1. The molecule has 1 saturated heterocycles. The molecular formula is C14H20N4O5S. The Balaban J connectivity index is 2.24. The summed E-state index contributed by atoms with van der Waals surface area (Å²) in [6, 6.07) is 3.29. The van der Waals surface area contributed by atoms with Crippen molar-refractivity contribution in [3.63, 3.8) is 0 Å². The molecular weight excluding hydrogens is 336 g/mol. The van der Waals surface area contributed by atoms with Gasteiger partial charge in [-0.3, -0.25) is 14.9 Å². The molecule has 0 saturated carbocycles. The van der Waals surface area contributed by atoms with Gasteiger partial charge >= 0.3 is 0 Å². The smallest absolute Gasteiger partial charge is 0.293 e. The summed E-state index contributed by atoms with van der Waals surface area (Å²) in [6.45, 7) is 3.26. The predicted molar refractivity (Wildman–Crippen MR) is 88.6 cm³/mol. The average molecular weight is 356 g/mol. The van der Waals surface area contributed by atoms with Gasteiger partial charge in [0.1, 0.15) is 5.69 Å². The number of nitro benzene ring substituents is 1. The van der Waals surface area contributed by atoms with E-state index < -0.39 is 20.8 Å². The van der Waals surface area contributed by atoms with Crippen LogP contribution in [0.4, 0.5) is 11.4 Å². The first-order chi connectivity index (χ1) is 11.1. The summed E-state index contributed by atoms with van der Waals surface area (Å²) >= 11 is 0. The maximum Gasteiger partial charge on any atom is 0.293 e. The lowest BCUT2D eigenvalue weighted by molar-refractivity contribution is -0.384. The van der Waals surface area contributed by atoms with Gasteiger partial charge in [-0.15, -0.1) is 0 Å². The molecule has 1 aromatic rings. The summed E-state index contributed by atoms with van der Waals surface area (Å²) < 4.78 is 23.2. The number of nitro groups is 1. The minimum absolute atomic E-state index is 0.0938. The Morgan fingerprint density at radius 1 is 1.29 bits per heavy atom. The molecule has 1 aliphatic rings. The second kappa shape index (κ2) is 6.73. The summed E-state index contributed by atoms with van der Waals surface area (Å²) in [4.78, 5) is 25.9. The first-order valence-electron chi connectivity index (χ1n) is 7.39. The molecule has 0 aliphatic carbocycles. The molecule has 0 aromatic heterocycles. The third kappa shape index (κ3) is 3.82. The third-order valence-electron chi connectivity index (χ3n) is 3.89. The van der Waals surface area contributed by atoms with E-state index in [0.29, 0.717) is 31.9 Å². The Labute approximate surface area is 140 Å². The van der Waals surface area contributed by atoms with E-state index in [2.05, 4.69) is 0 Å². The maximum absolute atomic E-state index is 11.9. The fourth-order valence-corrected chi connectivity index (χ4v) is 3.24. The average Bonchev–Trinajstić information content (AvgIpc) is 2.52. The van der Waals surface area contributed by atoms with Crippen LogP contribution >= 0.6 is 0 Å². The quantitative estimate of drug-likeness (QED) is 0.594. The normalized spacial score (nSPS) is 16.8. The van der Waals surface area contributed by atoms with Crippen molar-refractivity contribution in [3.05, 3.63) is 28.3 Å². The van der Waals surface area contributed by atoms with Gasteiger partial charge in [-0.1, -0.05) is 0 Å². The summed E-state index contributed by atoms with van der Waals surface area (Å²) in [6.07, 6.45) is 1.00. The number of nitrogens with two attached hydrogens (primary N) is 1. The van der Waals surface area contributed by atoms with Crippen LogP contribution in [0, 0.1) is 10.1 Å². The van der Waals surface area contributed by atoms with E-state index in [1.165, 1.54) is 12.1 Å². The van der Waals surface area contributed by atoms with Gasteiger partial charge in [-0.05, 0) is 19.1 Å². The lowest BCUT2D eigenvalue weighted by atomic mass is 10.2. The van der Waals surface area contributed by atoms with E-state index >= 15 is 0 Å². The lowest BCUT2D eigenvalue weighted by Crippen LogP contribution is -2.52. The number of nitrogens with zero attached hydrogens (tertiary/aromatic N) is 3. The number of piperazine rings is 1. The van der Waals surface area contributed by atoms with Crippen molar-refractivity contribution < 1.29 is 18.1 Å². The zero-order chi connectivity index (χ0) is 18.1. The SMILES string of the molecule is CC(N)C(=O)N1CCN(c2ccc(S(C)(=O)=O)cc2[N+](=O)[O-])CC1. The molecule has 10 heteroatoms. The highest BCUT2D eigenvalue weighted by molar-refractivity contribution is 7.90. The van der Waals surface area contributed by atoms with Crippen LogP contribution in [0.2, 0.25) is 0 Å². The number of hydrogen-bond acceptors (Lipinski definition) is 7. The number of sulfone groups is 1. The second-order valence-corrected chi connectivity index (χ2v) is 7.80. The monoisotopic (exact) mass is 356 g/mol. The molecule has 0 spiro atoms.